The summed E-state index contributed by atoms with van der Waals surface area (Å²) in [6.45, 7) is 3.64. The molecule has 0 aliphatic heterocycles. The van der Waals surface area contributed by atoms with E-state index in [1.165, 1.54) is 0 Å². The predicted octanol–water partition coefficient (Wildman–Crippen LogP) is 1.45. The Hall–Kier alpha value is -1.87. The summed E-state index contributed by atoms with van der Waals surface area (Å²) in [5.41, 5.74) is 0.433. The molecule has 0 fully saturated rings. The number of carbonyl (C=O) groups excluding carboxylic acids is 1. The van der Waals surface area contributed by atoms with Gasteiger partial charge in [0.2, 0.25) is 0 Å². The molecule has 0 aliphatic rings. The number of rotatable bonds is 3. The van der Waals surface area contributed by atoms with Crippen LogP contribution in [0.1, 0.15) is 33.7 Å². The maximum Gasteiger partial charge on any atom is 0.347 e. The van der Waals surface area contributed by atoms with Gasteiger partial charge in [-0.25, -0.2) is 9.78 Å². The summed E-state index contributed by atoms with van der Waals surface area (Å²) in [6, 6.07) is 0. The first-order chi connectivity index (χ1) is 8.04. The van der Waals surface area contributed by atoms with Crippen LogP contribution in [-0.2, 0) is 9.53 Å². The Morgan fingerprint density at radius 2 is 2.24 bits per heavy atom. The molecule has 1 rings (SSSR count). The molecule has 0 aromatic carbocycles. The summed E-state index contributed by atoms with van der Waals surface area (Å²) < 4.78 is 4.69. The lowest BCUT2D eigenvalue weighted by Crippen LogP contribution is -2.01. The molecule has 0 atom stereocenters. The fourth-order valence-corrected chi connectivity index (χ4v) is 1.83. The fourth-order valence-electron chi connectivity index (χ4n) is 1.05. The maximum absolute atomic E-state index is 11.0. The van der Waals surface area contributed by atoms with E-state index in [2.05, 4.69) is 16.8 Å². The molecule has 1 N–H and O–H groups in total. The zero-order valence-corrected chi connectivity index (χ0v) is 10.3. The second-order valence-corrected chi connectivity index (χ2v) is 4.02. The van der Waals surface area contributed by atoms with E-state index in [0.717, 1.165) is 11.3 Å². The number of aromatic nitrogens is 1. The van der Waals surface area contributed by atoms with Crippen LogP contribution in [-0.4, -0.2) is 28.6 Å². The second-order valence-electron chi connectivity index (χ2n) is 3.02. The normalized spacial score (nSPS) is 9.29. The minimum Gasteiger partial charge on any atom is -0.477 e. The number of hydrogen-bond acceptors (Lipinski definition) is 5. The van der Waals surface area contributed by atoms with Crippen LogP contribution in [0, 0.1) is 18.8 Å². The van der Waals surface area contributed by atoms with Crippen molar-refractivity contribution in [3.63, 3.8) is 0 Å². The molecular weight excluding hydrogens is 242 g/mol. The van der Waals surface area contributed by atoms with Crippen molar-refractivity contribution in [3.05, 3.63) is 15.6 Å². The van der Waals surface area contributed by atoms with E-state index in [4.69, 9.17) is 9.84 Å². The number of aryl methyl sites for hydroxylation is 1. The fraction of sp³-hybridized carbons (Fsp3) is 0.364. The third kappa shape index (κ3) is 3.89. The van der Waals surface area contributed by atoms with Crippen LogP contribution in [0.5, 0.6) is 0 Å². The average molecular weight is 253 g/mol. The summed E-state index contributed by atoms with van der Waals surface area (Å²) in [5, 5.41) is 9.20. The minimum atomic E-state index is -1.02. The van der Waals surface area contributed by atoms with Crippen LogP contribution in [0.2, 0.25) is 0 Å². The Labute approximate surface area is 102 Å². The topological polar surface area (TPSA) is 76.5 Å². The Kier molecular flexibility index (Phi) is 4.67. The van der Waals surface area contributed by atoms with Crippen molar-refractivity contribution in [3.8, 4) is 11.8 Å². The Balaban J connectivity index is 2.70. The summed E-state index contributed by atoms with van der Waals surface area (Å²) in [5.74, 6) is 3.83. The number of carboxylic acids is 1. The molecule has 1 heterocycles. The van der Waals surface area contributed by atoms with Gasteiger partial charge in [0.1, 0.15) is 11.3 Å². The van der Waals surface area contributed by atoms with Crippen molar-refractivity contribution in [2.75, 3.05) is 6.61 Å². The molecule has 1 aromatic heterocycles. The molecule has 0 saturated heterocycles. The summed E-state index contributed by atoms with van der Waals surface area (Å²) in [7, 11) is 0. The van der Waals surface area contributed by atoms with Gasteiger partial charge >= 0.3 is 11.9 Å². The highest BCUT2D eigenvalue weighted by Gasteiger charge is 2.12. The van der Waals surface area contributed by atoms with Gasteiger partial charge in [0, 0.05) is 0 Å². The highest BCUT2D eigenvalue weighted by atomic mass is 32.1. The summed E-state index contributed by atoms with van der Waals surface area (Å²) in [4.78, 5) is 25.9. The largest absolute Gasteiger partial charge is 0.477 e. The van der Waals surface area contributed by atoms with Crippen molar-refractivity contribution in [1.29, 1.82) is 0 Å². The molecule has 0 spiro atoms. The highest BCUT2D eigenvalue weighted by molar-refractivity contribution is 7.14. The van der Waals surface area contributed by atoms with Crippen molar-refractivity contribution in [2.24, 2.45) is 0 Å². The van der Waals surface area contributed by atoms with E-state index in [9.17, 15) is 9.59 Å². The smallest absolute Gasteiger partial charge is 0.347 e. The molecule has 6 heteroatoms. The van der Waals surface area contributed by atoms with Crippen molar-refractivity contribution in [2.45, 2.75) is 20.3 Å². The second kappa shape index (κ2) is 6.01. The predicted molar refractivity (Wildman–Crippen MR) is 61.9 cm³/mol. The first-order valence-corrected chi connectivity index (χ1v) is 5.71. The maximum atomic E-state index is 11.0. The number of hydrogen-bond donors (Lipinski definition) is 1. The zero-order chi connectivity index (χ0) is 12.8. The van der Waals surface area contributed by atoms with E-state index in [-0.39, 0.29) is 11.3 Å². The van der Waals surface area contributed by atoms with Crippen LogP contribution in [0.3, 0.4) is 0 Å². The zero-order valence-electron chi connectivity index (χ0n) is 9.44. The van der Waals surface area contributed by atoms with E-state index in [0.29, 0.717) is 17.3 Å². The first-order valence-electron chi connectivity index (χ1n) is 4.89. The molecular formula is C11H11NO4S. The summed E-state index contributed by atoms with van der Waals surface area (Å²) >= 11 is 0.996. The first kappa shape index (κ1) is 13.2. The third-order valence-corrected chi connectivity index (χ3v) is 2.79. The number of nitrogens with zero attached hydrogens (tertiary/aromatic N) is 1. The molecule has 0 amide bonds. The molecule has 0 aliphatic carbocycles. The third-order valence-electron chi connectivity index (χ3n) is 1.72. The number of aromatic carboxylic acids is 1. The molecule has 1 aromatic rings. The molecule has 0 unspecified atom stereocenters. The lowest BCUT2D eigenvalue weighted by molar-refractivity contribution is -0.141. The van der Waals surface area contributed by atoms with Gasteiger partial charge in [0.25, 0.3) is 0 Å². The van der Waals surface area contributed by atoms with Crippen molar-refractivity contribution >= 4 is 23.3 Å². The van der Waals surface area contributed by atoms with E-state index in [1.54, 1.807) is 13.8 Å². The number of ether oxygens (including phenoxy) is 1. The van der Waals surface area contributed by atoms with Crippen LogP contribution in [0.15, 0.2) is 0 Å². The van der Waals surface area contributed by atoms with Gasteiger partial charge in [-0.1, -0.05) is 17.3 Å². The number of esters is 1. The lowest BCUT2D eigenvalue weighted by atomic mass is 10.4. The highest BCUT2D eigenvalue weighted by Crippen LogP contribution is 2.16. The number of carboxylic acid groups (broad SMARTS) is 1. The molecule has 0 radical (unpaired) electrons. The van der Waals surface area contributed by atoms with Crippen molar-refractivity contribution in [1.82, 2.24) is 4.98 Å². The van der Waals surface area contributed by atoms with Crippen molar-refractivity contribution < 1.29 is 19.4 Å². The van der Waals surface area contributed by atoms with Crippen LogP contribution in [0.25, 0.3) is 0 Å². The molecule has 0 bridgehead atoms. The van der Waals surface area contributed by atoms with Gasteiger partial charge in [-0.3, -0.25) is 4.79 Å². The van der Waals surface area contributed by atoms with Gasteiger partial charge in [0.15, 0.2) is 5.01 Å². The molecule has 90 valence electrons. The van der Waals surface area contributed by atoms with Gasteiger partial charge in [-0.15, -0.1) is 0 Å². The van der Waals surface area contributed by atoms with E-state index < -0.39 is 11.9 Å². The van der Waals surface area contributed by atoms with Crippen LogP contribution in [0.4, 0.5) is 0 Å². The molecule has 0 saturated carbocycles. The standard InChI is InChI=1S/C11H11NO4S/c1-3-16-9(13)6-4-5-8-12-7(2)10(17-8)11(14)15/h3,6H2,1-2H3,(H,14,15). The Morgan fingerprint density at radius 3 is 2.76 bits per heavy atom. The quantitative estimate of drug-likeness (QED) is 0.651. The number of thiazole rings is 1. The monoisotopic (exact) mass is 253 g/mol. The Bertz CT molecular complexity index is 495. The van der Waals surface area contributed by atoms with E-state index in [1.807, 2.05) is 0 Å². The van der Waals surface area contributed by atoms with E-state index >= 15 is 0 Å². The SMILES string of the molecule is CCOC(=O)CC#Cc1nc(C)c(C(=O)O)s1. The lowest BCUT2D eigenvalue weighted by Gasteiger charge is -1.94. The van der Waals surface area contributed by atoms with Gasteiger partial charge in [-0.05, 0) is 19.8 Å². The van der Waals surface area contributed by atoms with Crippen LogP contribution < -0.4 is 0 Å². The van der Waals surface area contributed by atoms with Gasteiger partial charge in [-0.2, -0.15) is 0 Å². The average Bonchev–Trinajstić information content (AvgIpc) is 2.60. The van der Waals surface area contributed by atoms with Crippen LogP contribution >= 0.6 is 11.3 Å². The number of carbonyl (C=O) groups is 2. The van der Waals surface area contributed by atoms with Gasteiger partial charge in [0.05, 0.1) is 12.3 Å². The van der Waals surface area contributed by atoms with Gasteiger partial charge < -0.3 is 9.84 Å². The molecule has 17 heavy (non-hydrogen) atoms. The molecule has 5 nitrogen and oxygen atoms in total. The minimum absolute atomic E-state index is 0.0190. The summed E-state index contributed by atoms with van der Waals surface area (Å²) in [6.07, 6.45) is -0.0190. The Morgan fingerprint density at radius 1 is 1.53 bits per heavy atom.